The van der Waals surface area contributed by atoms with Crippen molar-refractivity contribution in [3.8, 4) is 5.75 Å². The van der Waals surface area contributed by atoms with Gasteiger partial charge in [0, 0.05) is 12.5 Å². The first-order valence-corrected chi connectivity index (χ1v) is 4.63. The third-order valence-electron chi connectivity index (χ3n) is 3.00. The van der Waals surface area contributed by atoms with Gasteiger partial charge in [-0.25, -0.2) is 0 Å². The van der Waals surface area contributed by atoms with Crippen LogP contribution in [0.15, 0.2) is 18.2 Å². The van der Waals surface area contributed by atoms with Gasteiger partial charge in [0.25, 0.3) is 0 Å². The second-order valence-electron chi connectivity index (χ2n) is 3.80. The molecule has 68 valence electrons. The maximum absolute atomic E-state index is 6.00. The molecule has 0 saturated carbocycles. The van der Waals surface area contributed by atoms with Crippen LogP contribution in [0.4, 0.5) is 0 Å². The normalized spacial score (nSPS) is 39.3. The highest BCUT2D eigenvalue weighted by molar-refractivity contribution is 6.32. The Morgan fingerprint density at radius 3 is 2.77 bits per heavy atom. The molecule has 0 radical (unpaired) electrons. The number of halogens is 1. The van der Waals surface area contributed by atoms with E-state index >= 15 is 0 Å². The fourth-order valence-corrected chi connectivity index (χ4v) is 2.18. The van der Waals surface area contributed by atoms with E-state index in [1.807, 2.05) is 32.0 Å². The summed E-state index contributed by atoms with van der Waals surface area (Å²) >= 11 is 6.00. The molecule has 0 N–H and O–H groups in total. The summed E-state index contributed by atoms with van der Waals surface area (Å²) in [5.41, 5.74) is 0.773. The van der Waals surface area contributed by atoms with Gasteiger partial charge in [0.1, 0.15) is 5.75 Å². The molecule has 2 unspecified atom stereocenters. The molecule has 0 spiro atoms. The van der Waals surface area contributed by atoms with Gasteiger partial charge in [-0.2, -0.15) is 0 Å². The van der Waals surface area contributed by atoms with Gasteiger partial charge in [-0.05, 0) is 13.0 Å². The largest absolute Gasteiger partial charge is 0.457 e. The third-order valence-corrected chi connectivity index (χ3v) is 3.30. The summed E-state index contributed by atoms with van der Waals surface area (Å²) in [5.74, 6) is 0.292. The second-order valence-corrected chi connectivity index (χ2v) is 4.21. The van der Waals surface area contributed by atoms with Gasteiger partial charge in [0.2, 0.25) is 5.79 Å². The van der Waals surface area contributed by atoms with Gasteiger partial charge >= 0.3 is 0 Å². The van der Waals surface area contributed by atoms with Crippen molar-refractivity contribution in [2.24, 2.45) is 0 Å². The average Bonchev–Trinajstić information content (AvgIpc) is 2.52. The molecule has 1 fully saturated rings. The second kappa shape index (κ2) is 1.86. The minimum atomic E-state index is -0.486. The molecule has 3 heteroatoms. The fourth-order valence-electron chi connectivity index (χ4n) is 1.96. The van der Waals surface area contributed by atoms with Gasteiger partial charge in [-0.1, -0.05) is 23.7 Å². The lowest BCUT2D eigenvalue weighted by Crippen LogP contribution is -2.16. The SMILES string of the molecule is CC12Oc3c(Cl)cccc3C1(C)O2. The molecular formula is C10H9ClO2. The Bertz CT molecular complexity index is 404. The summed E-state index contributed by atoms with van der Waals surface area (Å²) < 4.78 is 11.2. The van der Waals surface area contributed by atoms with E-state index in [-0.39, 0.29) is 5.60 Å². The molecule has 2 nitrogen and oxygen atoms in total. The van der Waals surface area contributed by atoms with Crippen LogP contribution in [0.25, 0.3) is 0 Å². The molecule has 0 bridgehead atoms. The molecule has 0 aliphatic carbocycles. The average molecular weight is 197 g/mol. The maximum Gasteiger partial charge on any atom is 0.242 e. The Morgan fingerprint density at radius 1 is 1.31 bits per heavy atom. The van der Waals surface area contributed by atoms with Crippen molar-refractivity contribution in [1.82, 2.24) is 0 Å². The Morgan fingerprint density at radius 2 is 2.08 bits per heavy atom. The zero-order valence-corrected chi connectivity index (χ0v) is 8.18. The lowest BCUT2D eigenvalue weighted by molar-refractivity contribution is 0.0782. The van der Waals surface area contributed by atoms with E-state index in [0.29, 0.717) is 5.02 Å². The van der Waals surface area contributed by atoms with Crippen molar-refractivity contribution < 1.29 is 9.47 Å². The van der Waals surface area contributed by atoms with Crippen LogP contribution in [-0.2, 0) is 10.3 Å². The first-order chi connectivity index (χ1) is 6.07. The highest BCUT2D eigenvalue weighted by Crippen LogP contribution is 2.64. The molecule has 0 aromatic heterocycles. The standard InChI is InChI=1S/C10H9ClO2/c1-9-6-4-3-5-7(11)8(6)12-10(9,2)13-9/h3-5H,1-2H3. The zero-order chi connectivity index (χ0) is 9.27. The summed E-state index contributed by atoms with van der Waals surface area (Å²) in [6.45, 7) is 3.96. The minimum absolute atomic E-state index is 0.284. The molecule has 2 aliphatic rings. The van der Waals surface area contributed by atoms with Gasteiger partial charge in [0.15, 0.2) is 5.60 Å². The van der Waals surface area contributed by atoms with Crippen LogP contribution < -0.4 is 4.74 Å². The highest BCUT2D eigenvalue weighted by atomic mass is 35.5. The number of hydrogen-bond acceptors (Lipinski definition) is 2. The lowest BCUT2D eigenvalue weighted by atomic mass is 9.98. The summed E-state index contributed by atoms with van der Waals surface area (Å²) in [4.78, 5) is 0. The third kappa shape index (κ3) is 0.697. The number of ether oxygens (including phenoxy) is 2. The number of epoxide rings is 1. The molecular weight excluding hydrogens is 188 g/mol. The predicted octanol–water partition coefficient (Wildman–Crippen LogP) is 2.69. The predicted molar refractivity (Wildman–Crippen MR) is 48.9 cm³/mol. The Balaban J connectivity index is 2.26. The number of hydrogen-bond donors (Lipinski definition) is 0. The van der Waals surface area contributed by atoms with Crippen LogP contribution in [0.1, 0.15) is 19.4 Å². The van der Waals surface area contributed by atoms with Crippen LogP contribution in [0, 0.1) is 0 Å². The van der Waals surface area contributed by atoms with E-state index < -0.39 is 5.79 Å². The van der Waals surface area contributed by atoms with Crippen LogP contribution in [-0.4, -0.2) is 5.79 Å². The summed E-state index contributed by atoms with van der Waals surface area (Å²) in [7, 11) is 0. The topological polar surface area (TPSA) is 21.8 Å². The van der Waals surface area contributed by atoms with Gasteiger partial charge in [0.05, 0.1) is 5.02 Å². The van der Waals surface area contributed by atoms with Crippen LogP contribution in [0.2, 0.25) is 5.02 Å². The number of para-hydroxylation sites is 1. The summed E-state index contributed by atoms with van der Waals surface area (Å²) in [6, 6.07) is 5.75. The minimum Gasteiger partial charge on any atom is -0.457 e. The maximum atomic E-state index is 6.00. The number of benzene rings is 1. The smallest absolute Gasteiger partial charge is 0.242 e. The Labute approximate surface area is 81.4 Å². The zero-order valence-electron chi connectivity index (χ0n) is 7.43. The van der Waals surface area contributed by atoms with E-state index in [1.54, 1.807) is 0 Å². The molecule has 2 atom stereocenters. The molecule has 1 aromatic carbocycles. The van der Waals surface area contributed by atoms with Crippen molar-refractivity contribution in [2.45, 2.75) is 25.2 Å². The Kier molecular flexibility index (Phi) is 1.10. The van der Waals surface area contributed by atoms with E-state index in [0.717, 1.165) is 11.3 Å². The van der Waals surface area contributed by atoms with Crippen LogP contribution >= 0.6 is 11.6 Å². The van der Waals surface area contributed by atoms with E-state index in [1.165, 1.54) is 0 Å². The van der Waals surface area contributed by atoms with Crippen molar-refractivity contribution in [3.63, 3.8) is 0 Å². The molecule has 13 heavy (non-hydrogen) atoms. The molecule has 1 aromatic rings. The summed E-state index contributed by atoms with van der Waals surface area (Å²) in [5, 5.41) is 0.663. The Hall–Kier alpha value is -0.730. The lowest BCUT2D eigenvalue weighted by Gasteiger charge is -2.07. The van der Waals surface area contributed by atoms with E-state index in [2.05, 4.69) is 0 Å². The van der Waals surface area contributed by atoms with Crippen molar-refractivity contribution >= 4 is 11.6 Å². The highest BCUT2D eigenvalue weighted by Gasteiger charge is 2.73. The van der Waals surface area contributed by atoms with E-state index in [4.69, 9.17) is 21.1 Å². The fraction of sp³-hybridized carbons (Fsp3) is 0.400. The first kappa shape index (κ1) is 7.65. The van der Waals surface area contributed by atoms with Crippen LogP contribution in [0.3, 0.4) is 0 Å². The van der Waals surface area contributed by atoms with Crippen molar-refractivity contribution in [2.75, 3.05) is 0 Å². The molecule has 2 heterocycles. The van der Waals surface area contributed by atoms with Gasteiger partial charge < -0.3 is 9.47 Å². The molecule has 0 amide bonds. The first-order valence-electron chi connectivity index (χ1n) is 4.25. The quantitative estimate of drug-likeness (QED) is 0.595. The van der Waals surface area contributed by atoms with Gasteiger partial charge in [-0.3, -0.25) is 0 Å². The van der Waals surface area contributed by atoms with Crippen LogP contribution in [0.5, 0.6) is 5.75 Å². The molecule has 2 aliphatic heterocycles. The van der Waals surface area contributed by atoms with Crippen molar-refractivity contribution in [1.29, 1.82) is 0 Å². The van der Waals surface area contributed by atoms with E-state index in [9.17, 15) is 0 Å². The van der Waals surface area contributed by atoms with Gasteiger partial charge in [-0.15, -0.1) is 0 Å². The monoisotopic (exact) mass is 196 g/mol. The molecule has 1 saturated heterocycles. The number of fused-ring (bicyclic) bond motifs is 3. The van der Waals surface area contributed by atoms with Crippen molar-refractivity contribution in [3.05, 3.63) is 28.8 Å². The number of rotatable bonds is 0. The summed E-state index contributed by atoms with van der Waals surface area (Å²) in [6.07, 6.45) is 0. The molecule has 3 rings (SSSR count).